The quantitative estimate of drug-likeness (QED) is 0.153. The molecule has 2 N–H and O–H groups in total. The van der Waals surface area contributed by atoms with Crippen LogP contribution in [0.2, 0.25) is 0 Å². The molecule has 6 heteroatoms. The maximum absolute atomic E-state index is 5.43. The normalized spacial score (nSPS) is 11.0. The highest BCUT2D eigenvalue weighted by atomic mass is 127. The molecule has 6 aromatic rings. The molecule has 0 amide bonds. The smallest absolute Gasteiger partial charge is 0.224 e. The average Bonchev–Trinajstić information content (AvgIpc) is 2.94. The molecule has 0 fully saturated rings. The SMILES string of the molecule is COc1ccc2cccc(Nc3cc[n+](-c4cc5cccc(Nc6ccncc6)c5cc4I)cc3)c2c1. The molecule has 5 nitrogen and oxygen atoms in total. The summed E-state index contributed by atoms with van der Waals surface area (Å²) in [7, 11) is 1.69. The number of anilines is 4. The van der Waals surface area contributed by atoms with Crippen molar-refractivity contribution in [3.63, 3.8) is 0 Å². The van der Waals surface area contributed by atoms with E-state index in [-0.39, 0.29) is 0 Å². The number of pyridine rings is 2. The summed E-state index contributed by atoms with van der Waals surface area (Å²) in [5.41, 5.74) is 5.29. The van der Waals surface area contributed by atoms with Gasteiger partial charge in [-0.2, -0.15) is 4.57 Å². The predicted octanol–water partition coefficient (Wildman–Crippen LogP) is 7.77. The number of aromatic nitrogens is 2. The van der Waals surface area contributed by atoms with Gasteiger partial charge < -0.3 is 15.4 Å². The summed E-state index contributed by atoms with van der Waals surface area (Å²) in [4.78, 5) is 4.10. The summed E-state index contributed by atoms with van der Waals surface area (Å²) >= 11 is 2.42. The van der Waals surface area contributed by atoms with Gasteiger partial charge in [-0.1, -0.05) is 30.3 Å². The molecule has 0 radical (unpaired) electrons. The van der Waals surface area contributed by atoms with Crippen LogP contribution in [0.3, 0.4) is 0 Å². The fraction of sp³-hybridized carbons (Fsp3) is 0.0323. The first-order valence-corrected chi connectivity index (χ1v) is 13.0. The molecule has 4 aromatic carbocycles. The molecule has 0 atom stereocenters. The lowest BCUT2D eigenvalue weighted by Crippen LogP contribution is -2.30. The Morgan fingerprint density at radius 3 is 2.05 bits per heavy atom. The van der Waals surface area contributed by atoms with Crippen LogP contribution in [0.1, 0.15) is 0 Å². The Kier molecular flexibility index (Phi) is 6.32. The van der Waals surface area contributed by atoms with Gasteiger partial charge in [-0.15, -0.1) is 0 Å². The summed E-state index contributed by atoms with van der Waals surface area (Å²) in [5.74, 6) is 0.845. The summed E-state index contributed by atoms with van der Waals surface area (Å²) in [6, 6.07) is 31.3. The van der Waals surface area contributed by atoms with E-state index in [1.54, 1.807) is 19.5 Å². The van der Waals surface area contributed by atoms with E-state index >= 15 is 0 Å². The van der Waals surface area contributed by atoms with Gasteiger partial charge in [0, 0.05) is 58.4 Å². The third-order valence-electron chi connectivity index (χ3n) is 6.38. The topological polar surface area (TPSA) is 50.1 Å². The van der Waals surface area contributed by atoms with Gasteiger partial charge in [0.15, 0.2) is 12.4 Å². The summed E-state index contributed by atoms with van der Waals surface area (Å²) in [5, 5.41) is 11.7. The second-order valence-corrected chi connectivity index (χ2v) is 9.87. The number of hydrogen-bond donors (Lipinski definition) is 2. The van der Waals surface area contributed by atoms with E-state index in [2.05, 4.69) is 128 Å². The zero-order valence-electron chi connectivity index (χ0n) is 20.2. The highest BCUT2D eigenvalue weighted by Gasteiger charge is 2.14. The van der Waals surface area contributed by atoms with Crippen LogP contribution >= 0.6 is 22.6 Å². The summed E-state index contributed by atoms with van der Waals surface area (Å²) < 4.78 is 8.75. The van der Waals surface area contributed by atoms with Gasteiger partial charge in [-0.05, 0) is 75.8 Å². The molecular weight excluding hydrogens is 571 g/mol. The maximum atomic E-state index is 5.43. The highest BCUT2D eigenvalue weighted by molar-refractivity contribution is 14.1. The van der Waals surface area contributed by atoms with Crippen molar-refractivity contribution in [2.75, 3.05) is 17.7 Å². The molecule has 0 saturated carbocycles. The number of hydrogen-bond acceptors (Lipinski definition) is 4. The Morgan fingerprint density at radius 1 is 0.703 bits per heavy atom. The van der Waals surface area contributed by atoms with Crippen LogP contribution in [0.15, 0.2) is 116 Å². The van der Waals surface area contributed by atoms with Gasteiger partial charge in [0.2, 0.25) is 5.69 Å². The van der Waals surface area contributed by atoms with Crippen LogP contribution in [0.25, 0.3) is 27.2 Å². The van der Waals surface area contributed by atoms with Crippen molar-refractivity contribution >= 4 is 66.9 Å². The molecule has 6 rings (SSSR count). The van der Waals surface area contributed by atoms with Gasteiger partial charge in [0.25, 0.3) is 0 Å². The van der Waals surface area contributed by atoms with Crippen LogP contribution in [0.4, 0.5) is 22.7 Å². The van der Waals surface area contributed by atoms with Crippen molar-refractivity contribution in [3.8, 4) is 11.4 Å². The van der Waals surface area contributed by atoms with E-state index in [4.69, 9.17) is 4.74 Å². The average molecular weight is 595 g/mol. The van der Waals surface area contributed by atoms with Crippen molar-refractivity contribution in [3.05, 3.63) is 119 Å². The third kappa shape index (κ3) is 4.80. The monoisotopic (exact) mass is 595 g/mol. The second-order valence-electron chi connectivity index (χ2n) is 8.70. The zero-order valence-corrected chi connectivity index (χ0v) is 22.3. The Hall–Kier alpha value is -4.17. The number of halogens is 1. The Balaban J connectivity index is 1.30. The molecule has 0 aliphatic carbocycles. The van der Waals surface area contributed by atoms with Crippen molar-refractivity contribution in [2.45, 2.75) is 0 Å². The van der Waals surface area contributed by atoms with Crippen molar-refractivity contribution in [1.82, 2.24) is 4.98 Å². The predicted molar refractivity (Wildman–Crippen MR) is 159 cm³/mol. The van der Waals surface area contributed by atoms with Gasteiger partial charge >= 0.3 is 0 Å². The fourth-order valence-corrected chi connectivity index (χ4v) is 5.24. The first-order valence-electron chi connectivity index (χ1n) is 11.9. The summed E-state index contributed by atoms with van der Waals surface area (Å²) in [6.45, 7) is 0. The van der Waals surface area contributed by atoms with Crippen molar-refractivity contribution in [1.29, 1.82) is 0 Å². The van der Waals surface area contributed by atoms with E-state index in [1.165, 1.54) is 19.7 Å². The van der Waals surface area contributed by atoms with E-state index in [1.807, 2.05) is 18.2 Å². The van der Waals surface area contributed by atoms with Crippen molar-refractivity contribution in [2.24, 2.45) is 0 Å². The largest absolute Gasteiger partial charge is 0.497 e. The van der Waals surface area contributed by atoms with E-state index in [0.717, 1.165) is 39.6 Å². The number of nitrogens with one attached hydrogen (secondary N) is 2. The lowest BCUT2D eigenvalue weighted by Gasteiger charge is -2.12. The van der Waals surface area contributed by atoms with Gasteiger partial charge in [-0.25, -0.2) is 0 Å². The van der Waals surface area contributed by atoms with E-state index < -0.39 is 0 Å². The summed E-state index contributed by atoms with van der Waals surface area (Å²) in [6.07, 6.45) is 7.77. The molecule has 37 heavy (non-hydrogen) atoms. The van der Waals surface area contributed by atoms with E-state index in [0.29, 0.717) is 0 Å². The van der Waals surface area contributed by atoms with Crippen LogP contribution in [-0.2, 0) is 0 Å². The highest BCUT2D eigenvalue weighted by Crippen LogP contribution is 2.31. The second kappa shape index (κ2) is 10.1. The molecule has 2 heterocycles. The number of nitrogens with zero attached hydrogens (tertiary/aromatic N) is 2. The molecule has 0 unspecified atom stereocenters. The van der Waals surface area contributed by atoms with Crippen LogP contribution in [0, 0.1) is 3.57 Å². The van der Waals surface area contributed by atoms with Crippen LogP contribution in [0.5, 0.6) is 5.75 Å². The maximum Gasteiger partial charge on any atom is 0.224 e. The standard InChI is InChI=1S/C31H23IN4O/c1-37-25-9-8-21-4-2-6-29(26(21)19-25)35-24-12-16-36(17-13-24)31-18-22-5-3-7-30(27(22)20-28(31)32)34-23-10-14-33-15-11-23/h2-20H,1H3,(H,33,34)/p+1. The minimum atomic E-state index is 0.845. The van der Waals surface area contributed by atoms with Gasteiger partial charge in [0.1, 0.15) is 5.75 Å². The zero-order chi connectivity index (χ0) is 25.2. The Bertz CT molecular complexity index is 1720. The Morgan fingerprint density at radius 2 is 1.35 bits per heavy atom. The molecular formula is C31H24IN4O+. The minimum absolute atomic E-state index is 0.845. The number of ether oxygens (including phenoxy) is 1. The van der Waals surface area contributed by atoms with Gasteiger partial charge in [-0.3, -0.25) is 4.98 Å². The molecule has 2 aromatic heterocycles. The number of methoxy groups -OCH3 is 1. The molecule has 180 valence electrons. The van der Waals surface area contributed by atoms with E-state index in [9.17, 15) is 0 Å². The number of benzene rings is 4. The first-order chi connectivity index (χ1) is 18.2. The number of fused-ring (bicyclic) bond motifs is 2. The molecule has 0 bridgehead atoms. The molecule has 0 spiro atoms. The van der Waals surface area contributed by atoms with Crippen LogP contribution < -0.4 is 19.9 Å². The van der Waals surface area contributed by atoms with Gasteiger partial charge in [0.05, 0.1) is 16.4 Å². The molecule has 0 saturated heterocycles. The lowest BCUT2D eigenvalue weighted by atomic mass is 10.1. The lowest BCUT2D eigenvalue weighted by molar-refractivity contribution is -0.596. The minimum Gasteiger partial charge on any atom is -0.497 e. The molecule has 0 aliphatic heterocycles. The molecule has 0 aliphatic rings. The van der Waals surface area contributed by atoms with Crippen LogP contribution in [-0.4, -0.2) is 12.1 Å². The fourth-order valence-electron chi connectivity index (χ4n) is 4.50. The first kappa shape index (κ1) is 23.2. The Labute approximate surface area is 228 Å². The number of rotatable bonds is 6. The van der Waals surface area contributed by atoms with Crippen molar-refractivity contribution < 1.29 is 9.30 Å². The third-order valence-corrected chi connectivity index (χ3v) is 7.25.